The summed E-state index contributed by atoms with van der Waals surface area (Å²) in [5.41, 5.74) is 0.760. The van der Waals surface area contributed by atoms with Gasteiger partial charge in [0.1, 0.15) is 11.5 Å². The summed E-state index contributed by atoms with van der Waals surface area (Å²) in [5.74, 6) is 0.487. The van der Waals surface area contributed by atoms with E-state index < -0.39 is 0 Å². The maximum absolute atomic E-state index is 12.1. The standard InChI is InChI=1S/C22H25ClN2O5/c23-18-8-2-4-10-20(18)30-15-21(26)24-12-16-6-1-3-9-19(16)29-14-22(27)25-13-17-7-5-11-28-17/h1-4,6,8-10,17H,5,7,11-15H2,(H,24,26)(H,25,27)/t17-/m0/s1. The molecule has 0 radical (unpaired) electrons. The van der Waals surface area contributed by atoms with Crippen molar-refractivity contribution in [2.24, 2.45) is 0 Å². The van der Waals surface area contributed by atoms with Crippen LogP contribution >= 0.6 is 11.6 Å². The van der Waals surface area contributed by atoms with Crippen molar-refractivity contribution in [3.8, 4) is 11.5 Å². The lowest BCUT2D eigenvalue weighted by Crippen LogP contribution is -2.35. The van der Waals surface area contributed by atoms with E-state index in [1.165, 1.54) is 0 Å². The lowest BCUT2D eigenvalue weighted by Gasteiger charge is -2.14. The van der Waals surface area contributed by atoms with Gasteiger partial charge in [-0.2, -0.15) is 0 Å². The zero-order valence-corrected chi connectivity index (χ0v) is 17.3. The van der Waals surface area contributed by atoms with Gasteiger partial charge in [-0.1, -0.05) is 41.9 Å². The van der Waals surface area contributed by atoms with Crippen LogP contribution in [0.3, 0.4) is 0 Å². The second-order valence-electron chi connectivity index (χ2n) is 6.83. The Morgan fingerprint density at radius 3 is 2.37 bits per heavy atom. The van der Waals surface area contributed by atoms with Crippen molar-refractivity contribution in [2.75, 3.05) is 26.4 Å². The molecule has 2 N–H and O–H groups in total. The molecular formula is C22H25ClN2O5. The second kappa shape index (κ2) is 11.4. The summed E-state index contributed by atoms with van der Waals surface area (Å²) in [6.45, 7) is 1.23. The van der Waals surface area contributed by atoms with Crippen molar-refractivity contribution in [1.82, 2.24) is 10.6 Å². The first-order chi connectivity index (χ1) is 14.6. The average molecular weight is 433 g/mol. The quantitative estimate of drug-likeness (QED) is 0.603. The van der Waals surface area contributed by atoms with E-state index in [4.69, 9.17) is 25.8 Å². The van der Waals surface area contributed by atoms with E-state index in [1.54, 1.807) is 30.3 Å². The van der Waals surface area contributed by atoms with Gasteiger partial charge in [0, 0.05) is 25.3 Å². The molecule has 2 aromatic rings. The summed E-state index contributed by atoms with van der Waals surface area (Å²) < 4.78 is 16.5. The van der Waals surface area contributed by atoms with E-state index >= 15 is 0 Å². The number of benzene rings is 2. The van der Waals surface area contributed by atoms with Crippen molar-refractivity contribution in [3.05, 3.63) is 59.1 Å². The highest BCUT2D eigenvalue weighted by atomic mass is 35.5. The van der Waals surface area contributed by atoms with Crippen LogP contribution < -0.4 is 20.1 Å². The number of amides is 2. The third-order valence-electron chi connectivity index (χ3n) is 4.55. The summed E-state index contributed by atoms with van der Waals surface area (Å²) in [5, 5.41) is 6.04. The molecule has 0 aromatic heterocycles. The lowest BCUT2D eigenvalue weighted by atomic mass is 10.2. The predicted octanol–water partition coefficient (Wildman–Crippen LogP) is 2.71. The monoisotopic (exact) mass is 432 g/mol. The molecule has 0 saturated carbocycles. The van der Waals surface area contributed by atoms with Crippen molar-refractivity contribution >= 4 is 23.4 Å². The van der Waals surface area contributed by atoms with E-state index in [2.05, 4.69) is 10.6 Å². The van der Waals surface area contributed by atoms with Crippen molar-refractivity contribution in [2.45, 2.75) is 25.5 Å². The van der Waals surface area contributed by atoms with Crippen LogP contribution in [0.5, 0.6) is 11.5 Å². The summed E-state index contributed by atoms with van der Waals surface area (Å²) in [6.07, 6.45) is 2.08. The highest BCUT2D eigenvalue weighted by Crippen LogP contribution is 2.23. The molecule has 0 unspecified atom stereocenters. The van der Waals surface area contributed by atoms with Gasteiger partial charge in [-0.15, -0.1) is 0 Å². The Labute approximate surface area is 180 Å². The molecule has 30 heavy (non-hydrogen) atoms. The molecule has 1 fully saturated rings. The summed E-state index contributed by atoms with van der Waals surface area (Å²) >= 11 is 6.01. The Morgan fingerprint density at radius 1 is 0.967 bits per heavy atom. The maximum atomic E-state index is 12.1. The number of para-hydroxylation sites is 2. The third kappa shape index (κ3) is 6.93. The number of rotatable bonds is 10. The molecule has 1 aliphatic heterocycles. The molecule has 1 saturated heterocycles. The van der Waals surface area contributed by atoms with Crippen molar-refractivity contribution in [3.63, 3.8) is 0 Å². The molecule has 1 heterocycles. The molecule has 8 heteroatoms. The van der Waals surface area contributed by atoms with Crippen LogP contribution in [-0.2, 0) is 20.9 Å². The highest BCUT2D eigenvalue weighted by Gasteiger charge is 2.16. The van der Waals surface area contributed by atoms with Gasteiger partial charge in [-0.25, -0.2) is 0 Å². The van der Waals surface area contributed by atoms with Gasteiger partial charge >= 0.3 is 0 Å². The Morgan fingerprint density at radius 2 is 1.63 bits per heavy atom. The second-order valence-corrected chi connectivity index (χ2v) is 7.24. The Kier molecular flexibility index (Phi) is 8.35. The summed E-state index contributed by atoms with van der Waals surface area (Å²) in [7, 11) is 0. The first-order valence-electron chi connectivity index (χ1n) is 9.85. The Hall–Kier alpha value is -2.77. The molecule has 2 aromatic carbocycles. The Balaban J connectivity index is 1.42. The van der Waals surface area contributed by atoms with Crippen LogP contribution in [0.4, 0.5) is 0 Å². The fraction of sp³-hybridized carbons (Fsp3) is 0.364. The van der Waals surface area contributed by atoms with Crippen molar-refractivity contribution < 1.29 is 23.8 Å². The van der Waals surface area contributed by atoms with E-state index in [0.717, 1.165) is 25.0 Å². The van der Waals surface area contributed by atoms with Crippen LogP contribution in [0, 0.1) is 0 Å². The Bertz CT molecular complexity index is 855. The number of carbonyl (C=O) groups is 2. The molecule has 160 valence electrons. The van der Waals surface area contributed by atoms with Crippen LogP contribution in [0.15, 0.2) is 48.5 Å². The maximum Gasteiger partial charge on any atom is 0.258 e. The normalized spacial score (nSPS) is 15.4. The molecule has 1 aliphatic rings. The number of ether oxygens (including phenoxy) is 3. The number of nitrogens with one attached hydrogen (secondary N) is 2. The molecule has 7 nitrogen and oxygen atoms in total. The lowest BCUT2D eigenvalue weighted by molar-refractivity contribution is -0.124. The first-order valence-corrected chi connectivity index (χ1v) is 10.2. The molecular weight excluding hydrogens is 408 g/mol. The zero-order valence-electron chi connectivity index (χ0n) is 16.6. The minimum atomic E-state index is -0.293. The number of hydrogen-bond acceptors (Lipinski definition) is 5. The van der Waals surface area contributed by atoms with Crippen molar-refractivity contribution in [1.29, 1.82) is 0 Å². The summed E-state index contributed by atoms with van der Waals surface area (Å²) in [4.78, 5) is 24.1. The van der Waals surface area contributed by atoms with E-state index in [0.29, 0.717) is 23.1 Å². The van der Waals surface area contributed by atoms with Crippen LogP contribution in [0.1, 0.15) is 18.4 Å². The number of hydrogen-bond donors (Lipinski definition) is 2. The zero-order chi connectivity index (χ0) is 21.2. The molecule has 2 amide bonds. The topological polar surface area (TPSA) is 85.9 Å². The van der Waals surface area contributed by atoms with Gasteiger partial charge in [0.2, 0.25) is 0 Å². The van der Waals surface area contributed by atoms with Crippen LogP contribution in [0.2, 0.25) is 5.02 Å². The molecule has 0 bridgehead atoms. The van der Waals surface area contributed by atoms with Gasteiger partial charge in [0.25, 0.3) is 11.8 Å². The predicted molar refractivity (Wildman–Crippen MR) is 113 cm³/mol. The van der Waals surface area contributed by atoms with E-state index in [9.17, 15) is 9.59 Å². The van der Waals surface area contributed by atoms with Crippen LogP contribution in [0.25, 0.3) is 0 Å². The fourth-order valence-electron chi connectivity index (χ4n) is 2.97. The molecule has 0 aliphatic carbocycles. The van der Waals surface area contributed by atoms with Gasteiger partial charge in [-0.3, -0.25) is 9.59 Å². The molecule has 1 atom stereocenters. The SMILES string of the molecule is O=C(COc1ccccc1Cl)NCc1ccccc1OCC(=O)NC[C@@H]1CCCO1. The number of carbonyl (C=O) groups excluding carboxylic acids is 2. The first kappa shape index (κ1) is 21.9. The van der Waals surface area contributed by atoms with E-state index in [-0.39, 0.29) is 37.7 Å². The minimum Gasteiger partial charge on any atom is -0.483 e. The van der Waals surface area contributed by atoms with Gasteiger partial charge in [-0.05, 0) is 31.0 Å². The van der Waals surface area contributed by atoms with Gasteiger partial charge in [0.05, 0.1) is 11.1 Å². The average Bonchev–Trinajstić information content (AvgIpc) is 3.28. The van der Waals surface area contributed by atoms with Gasteiger partial charge < -0.3 is 24.8 Å². The van der Waals surface area contributed by atoms with Crippen LogP contribution in [-0.4, -0.2) is 44.3 Å². The van der Waals surface area contributed by atoms with Gasteiger partial charge in [0.15, 0.2) is 13.2 Å². The number of halogens is 1. The third-order valence-corrected chi connectivity index (χ3v) is 4.87. The molecule has 3 rings (SSSR count). The fourth-order valence-corrected chi connectivity index (χ4v) is 3.16. The largest absolute Gasteiger partial charge is 0.483 e. The smallest absolute Gasteiger partial charge is 0.258 e. The minimum absolute atomic E-state index is 0.0874. The highest BCUT2D eigenvalue weighted by molar-refractivity contribution is 6.32. The van der Waals surface area contributed by atoms with E-state index in [1.807, 2.05) is 18.2 Å². The molecule has 0 spiro atoms. The summed E-state index contributed by atoms with van der Waals surface area (Å²) in [6, 6.07) is 14.2.